The molecule has 0 aromatic heterocycles. The molecule has 25 heavy (non-hydrogen) atoms. The molecule has 1 saturated heterocycles. The Labute approximate surface area is 146 Å². The molecule has 1 aliphatic heterocycles. The summed E-state index contributed by atoms with van der Waals surface area (Å²) in [7, 11) is 0. The van der Waals surface area contributed by atoms with Crippen molar-refractivity contribution in [2.24, 2.45) is 5.92 Å². The molecule has 0 unspecified atom stereocenters. The minimum Gasteiger partial charge on any atom is -0.489 e. The Kier molecular flexibility index (Phi) is 6.58. The summed E-state index contributed by atoms with van der Waals surface area (Å²) >= 11 is 0. The van der Waals surface area contributed by atoms with E-state index in [0.717, 1.165) is 5.56 Å². The molecule has 0 spiro atoms. The predicted octanol–water partition coefficient (Wildman–Crippen LogP) is 3.02. The van der Waals surface area contributed by atoms with Crippen LogP contribution in [0.4, 0.5) is 8.78 Å². The molecule has 1 N–H and O–H groups in total. The van der Waals surface area contributed by atoms with E-state index < -0.39 is 6.61 Å². The van der Waals surface area contributed by atoms with Gasteiger partial charge in [-0.2, -0.15) is 8.78 Å². The van der Waals surface area contributed by atoms with Crippen molar-refractivity contribution in [2.75, 3.05) is 19.8 Å². The highest BCUT2D eigenvalue weighted by atomic mass is 19.3. The van der Waals surface area contributed by atoms with E-state index in [0.29, 0.717) is 19.6 Å². The number of carbonyl (C=O) groups excluding carboxylic acids is 1. The van der Waals surface area contributed by atoms with Gasteiger partial charge in [0.2, 0.25) is 5.91 Å². The Morgan fingerprint density at radius 2 is 2.08 bits per heavy atom. The lowest BCUT2D eigenvalue weighted by atomic mass is 9.96. The van der Waals surface area contributed by atoms with Crippen LogP contribution >= 0.6 is 0 Å². The van der Waals surface area contributed by atoms with Crippen LogP contribution in [0.25, 0.3) is 0 Å². The van der Waals surface area contributed by atoms with Crippen LogP contribution in [-0.2, 0) is 4.79 Å². The lowest BCUT2D eigenvalue weighted by Crippen LogP contribution is -2.35. The molecule has 7 heteroatoms. The van der Waals surface area contributed by atoms with E-state index in [-0.39, 0.29) is 41.9 Å². The summed E-state index contributed by atoms with van der Waals surface area (Å²) in [5.74, 6) is 0.438. The van der Waals surface area contributed by atoms with E-state index in [1.165, 1.54) is 13.0 Å². The molecule has 2 atom stereocenters. The zero-order valence-electron chi connectivity index (χ0n) is 14.7. The zero-order valence-corrected chi connectivity index (χ0v) is 14.7. The molecule has 1 aromatic rings. The molecule has 5 nitrogen and oxygen atoms in total. The topological polar surface area (TPSA) is 59.0 Å². The number of aliphatic hydroxyl groups is 1. The maximum Gasteiger partial charge on any atom is 0.387 e. The summed E-state index contributed by atoms with van der Waals surface area (Å²) in [6.45, 7) is 3.24. The fraction of sp³-hybridized carbons (Fsp3) is 0.611. The minimum atomic E-state index is -2.93. The van der Waals surface area contributed by atoms with Gasteiger partial charge in [-0.15, -0.1) is 0 Å². The van der Waals surface area contributed by atoms with Crippen molar-refractivity contribution in [2.45, 2.75) is 45.8 Å². The van der Waals surface area contributed by atoms with Gasteiger partial charge in [-0.1, -0.05) is 19.9 Å². The van der Waals surface area contributed by atoms with E-state index in [4.69, 9.17) is 4.74 Å². The summed E-state index contributed by atoms with van der Waals surface area (Å²) in [4.78, 5) is 13.3. The van der Waals surface area contributed by atoms with Crippen LogP contribution in [0, 0.1) is 5.92 Å². The number of carbonyl (C=O) groups is 1. The molecule has 1 amide bonds. The molecule has 0 saturated carbocycles. The van der Waals surface area contributed by atoms with Crippen LogP contribution in [0.3, 0.4) is 0 Å². The highest BCUT2D eigenvalue weighted by Crippen LogP contribution is 2.37. The van der Waals surface area contributed by atoms with Gasteiger partial charge in [-0.25, -0.2) is 0 Å². The Morgan fingerprint density at radius 3 is 2.60 bits per heavy atom. The fourth-order valence-electron chi connectivity index (χ4n) is 3.06. The number of likely N-dealkylation sites (tertiary alicyclic amines) is 1. The smallest absolute Gasteiger partial charge is 0.387 e. The van der Waals surface area contributed by atoms with Crippen LogP contribution < -0.4 is 9.47 Å². The van der Waals surface area contributed by atoms with E-state index in [9.17, 15) is 18.7 Å². The third-order valence-corrected chi connectivity index (χ3v) is 4.26. The Hall–Kier alpha value is -1.89. The highest BCUT2D eigenvalue weighted by molar-refractivity contribution is 5.74. The predicted molar refractivity (Wildman–Crippen MR) is 89.0 cm³/mol. The Bertz CT molecular complexity index is 594. The van der Waals surface area contributed by atoms with E-state index >= 15 is 0 Å². The van der Waals surface area contributed by atoms with Crippen LogP contribution in [0.1, 0.15) is 38.7 Å². The van der Waals surface area contributed by atoms with E-state index in [2.05, 4.69) is 4.74 Å². The highest BCUT2D eigenvalue weighted by Gasteiger charge is 2.34. The molecule has 1 fully saturated rings. The second-order valence-electron chi connectivity index (χ2n) is 6.73. The van der Waals surface area contributed by atoms with Gasteiger partial charge in [0, 0.05) is 19.4 Å². The van der Waals surface area contributed by atoms with Gasteiger partial charge >= 0.3 is 6.61 Å². The molecular weight excluding hydrogens is 332 g/mol. The average Bonchev–Trinajstić information content (AvgIpc) is 2.98. The average molecular weight is 357 g/mol. The number of ether oxygens (including phenoxy) is 2. The van der Waals surface area contributed by atoms with Crippen molar-refractivity contribution in [3.8, 4) is 11.5 Å². The Morgan fingerprint density at radius 1 is 1.36 bits per heavy atom. The van der Waals surface area contributed by atoms with Gasteiger partial charge in [0.15, 0.2) is 11.5 Å². The molecule has 140 valence electrons. The van der Waals surface area contributed by atoms with Crippen molar-refractivity contribution in [3.63, 3.8) is 0 Å². The number of nitrogens with zero attached hydrogens (tertiary/aromatic N) is 1. The number of alkyl halides is 2. The lowest BCUT2D eigenvalue weighted by molar-refractivity contribution is -0.130. The van der Waals surface area contributed by atoms with E-state index in [1.54, 1.807) is 17.0 Å². The van der Waals surface area contributed by atoms with Crippen LogP contribution in [0.2, 0.25) is 0 Å². The second kappa shape index (κ2) is 8.47. The maximum absolute atomic E-state index is 12.6. The number of amides is 1. The van der Waals surface area contributed by atoms with Gasteiger partial charge in [-0.3, -0.25) is 4.79 Å². The second-order valence-corrected chi connectivity index (χ2v) is 6.73. The third-order valence-electron chi connectivity index (χ3n) is 4.26. The summed E-state index contributed by atoms with van der Waals surface area (Å²) in [5, 5.41) is 9.47. The summed E-state index contributed by atoms with van der Waals surface area (Å²) < 4.78 is 35.3. The van der Waals surface area contributed by atoms with Gasteiger partial charge < -0.3 is 19.5 Å². The lowest BCUT2D eigenvalue weighted by Gasteiger charge is -2.20. The van der Waals surface area contributed by atoms with Crippen LogP contribution in [0.5, 0.6) is 11.5 Å². The van der Waals surface area contributed by atoms with Crippen molar-refractivity contribution in [1.82, 2.24) is 4.90 Å². The quantitative estimate of drug-likeness (QED) is 0.815. The third kappa shape index (κ3) is 5.04. The maximum atomic E-state index is 12.6. The first kappa shape index (κ1) is 19.4. The first-order valence-corrected chi connectivity index (χ1v) is 8.41. The molecule has 1 aliphatic rings. The number of aliphatic hydroxyl groups excluding tert-OH is 1. The number of rotatable bonds is 7. The van der Waals surface area contributed by atoms with Gasteiger partial charge in [-0.05, 0) is 30.0 Å². The van der Waals surface area contributed by atoms with Crippen molar-refractivity contribution >= 4 is 5.91 Å². The molecule has 1 aromatic carbocycles. The number of halogens is 2. The van der Waals surface area contributed by atoms with Crippen LogP contribution in [0.15, 0.2) is 18.2 Å². The molecule has 0 bridgehead atoms. The standard InChI is InChI=1S/C18H25F2NO4/c1-11(2)10-24-17-7-13(4-5-16(17)25-18(19)20)14-6-15(9-22)21(8-14)12(3)23/h4-5,7,11,14-15,18,22H,6,8-10H2,1-3H3/t14-,15-/m1/s1. The molecule has 0 aliphatic carbocycles. The summed E-state index contributed by atoms with van der Waals surface area (Å²) in [5.41, 5.74) is 0.877. The summed E-state index contributed by atoms with van der Waals surface area (Å²) in [6, 6.07) is 4.66. The number of hydrogen-bond acceptors (Lipinski definition) is 4. The molecular formula is C18H25F2NO4. The summed E-state index contributed by atoms with van der Waals surface area (Å²) in [6.07, 6.45) is 0.620. The Balaban J connectivity index is 2.23. The van der Waals surface area contributed by atoms with E-state index in [1.807, 2.05) is 13.8 Å². The number of benzene rings is 1. The van der Waals surface area contributed by atoms with Crippen molar-refractivity contribution < 1.29 is 28.2 Å². The molecule has 2 rings (SSSR count). The van der Waals surface area contributed by atoms with Crippen molar-refractivity contribution in [1.29, 1.82) is 0 Å². The van der Waals surface area contributed by atoms with Gasteiger partial charge in [0.1, 0.15) is 0 Å². The van der Waals surface area contributed by atoms with Crippen LogP contribution in [-0.4, -0.2) is 48.3 Å². The molecule has 0 radical (unpaired) electrons. The SMILES string of the molecule is CC(=O)N1C[C@H](c2ccc(OC(F)F)c(OCC(C)C)c2)C[C@@H]1CO. The monoisotopic (exact) mass is 357 g/mol. The number of hydrogen-bond donors (Lipinski definition) is 1. The zero-order chi connectivity index (χ0) is 18.6. The van der Waals surface area contributed by atoms with Gasteiger partial charge in [0.05, 0.1) is 19.3 Å². The fourth-order valence-corrected chi connectivity index (χ4v) is 3.06. The van der Waals surface area contributed by atoms with Crippen molar-refractivity contribution in [3.05, 3.63) is 23.8 Å². The molecule has 1 heterocycles. The minimum absolute atomic E-state index is 0.000436. The first-order valence-electron chi connectivity index (χ1n) is 8.41. The first-order chi connectivity index (χ1) is 11.8. The van der Waals surface area contributed by atoms with Gasteiger partial charge in [0.25, 0.3) is 0 Å². The largest absolute Gasteiger partial charge is 0.489 e. The normalized spacial score (nSPS) is 20.4.